The van der Waals surface area contributed by atoms with Gasteiger partial charge < -0.3 is 19.5 Å². The van der Waals surface area contributed by atoms with Crippen LogP contribution in [0.15, 0.2) is 35.5 Å². The minimum Gasteiger partial charge on any atom is -0.493 e. The lowest BCUT2D eigenvalue weighted by Gasteiger charge is -2.15. The van der Waals surface area contributed by atoms with E-state index in [0.717, 1.165) is 0 Å². The highest BCUT2D eigenvalue weighted by Crippen LogP contribution is 2.40. The van der Waals surface area contributed by atoms with Gasteiger partial charge in [0, 0.05) is 35.8 Å². The summed E-state index contributed by atoms with van der Waals surface area (Å²) < 4.78 is 53.4. The fourth-order valence-electron chi connectivity index (χ4n) is 2.11. The van der Waals surface area contributed by atoms with Crippen LogP contribution in [0.25, 0.3) is 0 Å². The van der Waals surface area contributed by atoms with E-state index in [-0.39, 0.29) is 11.3 Å². The molecule has 0 saturated heterocycles. The molecule has 1 aromatic carbocycles. The molecule has 2 aromatic rings. The average molecular weight is 388 g/mol. The molecule has 2 rings (SSSR count). The van der Waals surface area contributed by atoms with Crippen molar-refractivity contribution in [2.75, 3.05) is 26.6 Å². The Kier molecular flexibility index (Phi) is 6.19. The number of amides is 1. The molecule has 0 aliphatic rings. The Labute approximate surface area is 151 Å². The van der Waals surface area contributed by atoms with Gasteiger partial charge in [0.05, 0.1) is 26.9 Å². The van der Waals surface area contributed by atoms with E-state index < -0.39 is 28.2 Å². The summed E-state index contributed by atoms with van der Waals surface area (Å²) in [4.78, 5) is 16.1. The molecule has 0 radical (unpaired) electrons. The van der Waals surface area contributed by atoms with E-state index >= 15 is 0 Å². The van der Waals surface area contributed by atoms with Gasteiger partial charge in [0.1, 0.15) is 5.03 Å². The molecule has 0 aliphatic heterocycles. The van der Waals surface area contributed by atoms with Crippen LogP contribution in [0.4, 0.5) is 18.9 Å². The number of thioether (sulfide) groups is 1. The fraction of sp³-hybridized carbons (Fsp3) is 0.250. The lowest BCUT2D eigenvalue weighted by atomic mass is 10.2. The monoisotopic (exact) mass is 388 g/mol. The number of aromatic nitrogens is 1. The Morgan fingerprint density at radius 1 is 1.12 bits per heavy atom. The maximum Gasteiger partial charge on any atom is 0.447 e. The Morgan fingerprint density at radius 3 is 2.23 bits per heavy atom. The van der Waals surface area contributed by atoms with Gasteiger partial charge >= 0.3 is 5.51 Å². The van der Waals surface area contributed by atoms with Crippen molar-refractivity contribution < 1.29 is 32.2 Å². The van der Waals surface area contributed by atoms with Crippen LogP contribution < -0.4 is 19.5 Å². The Balaban J connectivity index is 2.34. The third kappa shape index (κ3) is 4.72. The summed E-state index contributed by atoms with van der Waals surface area (Å²) in [5, 5.41) is 2.07. The van der Waals surface area contributed by atoms with Crippen LogP contribution >= 0.6 is 11.8 Å². The van der Waals surface area contributed by atoms with E-state index in [1.807, 2.05) is 0 Å². The van der Waals surface area contributed by atoms with Crippen molar-refractivity contribution in [2.45, 2.75) is 10.5 Å². The van der Waals surface area contributed by atoms with Crippen LogP contribution in [0.1, 0.15) is 10.4 Å². The summed E-state index contributed by atoms with van der Waals surface area (Å²) >= 11 is -0.454. The van der Waals surface area contributed by atoms with E-state index in [9.17, 15) is 18.0 Å². The number of benzene rings is 1. The van der Waals surface area contributed by atoms with Gasteiger partial charge in [-0.1, -0.05) is 0 Å². The van der Waals surface area contributed by atoms with Crippen LogP contribution in [-0.4, -0.2) is 37.7 Å². The third-order valence-electron chi connectivity index (χ3n) is 3.15. The third-order valence-corrected chi connectivity index (χ3v) is 3.90. The normalized spacial score (nSPS) is 11.0. The molecule has 0 saturated carbocycles. The number of carbonyl (C=O) groups excluding carboxylic acids is 1. The number of hydrogen-bond donors (Lipinski definition) is 1. The molecular formula is C16H15F3N2O4S. The van der Waals surface area contributed by atoms with Gasteiger partial charge in [-0.05, 0) is 12.1 Å². The number of pyridine rings is 1. The molecule has 140 valence electrons. The van der Waals surface area contributed by atoms with E-state index in [4.69, 9.17) is 14.2 Å². The second-order valence-electron chi connectivity index (χ2n) is 4.77. The first-order chi connectivity index (χ1) is 12.3. The highest BCUT2D eigenvalue weighted by molar-refractivity contribution is 8.00. The minimum absolute atomic E-state index is 0.205. The van der Waals surface area contributed by atoms with Gasteiger partial charge in [0.15, 0.2) is 11.5 Å². The predicted octanol–water partition coefficient (Wildman–Crippen LogP) is 3.97. The van der Waals surface area contributed by atoms with Crippen LogP contribution in [0.5, 0.6) is 17.2 Å². The van der Waals surface area contributed by atoms with Crippen molar-refractivity contribution in [3.63, 3.8) is 0 Å². The lowest BCUT2D eigenvalue weighted by Crippen LogP contribution is -2.15. The molecule has 0 aliphatic carbocycles. The Bertz CT molecular complexity index is 774. The number of rotatable bonds is 6. The molecule has 0 spiro atoms. The van der Waals surface area contributed by atoms with E-state index in [2.05, 4.69) is 10.3 Å². The molecule has 1 aromatic heterocycles. The van der Waals surface area contributed by atoms with Gasteiger partial charge in [0.25, 0.3) is 5.91 Å². The maximum absolute atomic E-state index is 12.6. The number of ether oxygens (including phenoxy) is 3. The first-order valence-corrected chi connectivity index (χ1v) is 7.92. The second-order valence-corrected chi connectivity index (χ2v) is 5.83. The number of nitrogens with one attached hydrogen (secondary N) is 1. The molecule has 1 amide bonds. The SMILES string of the molecule is COc1cc(NC(=O)c2cccnc2SC(F)(F)F)cc(OC)c1OC. The van der Waals surface area contributed by atoms with Crippen molar-refractivity contribution in [1.29, 1.82) is 0 Å². The topological polar surface area (TPSA) is 69.7 Å². The highest BCUT2D eigenvalue weighted by Gasteiger charge is 2.32. The van der Waals surface area contributed by atoms with Crippen LogP contribution in [-0.2, 0) is 0 Å². The minimum atomic E-state index is -4.56. The van der Waals surface area contributed by atoms with Crippen LogP contribution in [0, 0.1) is 0 Å². The van der Waals surface area contributed by atoms with Gasteiger partial charge in [0.2, 0.25) is 5.75 Å². The summed E-state index contributed by atoms with van der Waals surface area (Å²) in [7, 11) is 4.24. The number of alkyl halides is 3. The molecular weight excluding hydrogens is 373 g/mol. The fourth-order valence-corrected chi connectivity index (χ4v) is 2.71. The molecule has 0 bridgehead atoms. The zero-order valence-electron chi connectivity index (χ0n) is 14.0. The van der Waals surface area contributed by atoms with E-state index in [1.165, 1.54) is 51.8 Å². The summed E-state index contributed by atoms with van der Waals surface area (Å²) in [6.07, 6.45) is 1.18. The van der Waals surface area contributed by atoms with Crippen LogP contribution in [0.3, 0.4) is 0 Å². The van der Waals surface area contributed by atoms with E-state index in [1.54, 1.807) is 0 Å². The molecule has 0 atom stereocenters. The first kappa shape index (κ1) is 19.7. The number of methoxy groups -OCH3 is 3. The summed E-state index contributed by atoms with van der Waals surface area (Å²) in [5.41, 5.74) is -4.50. The van der Waals surface area contributed by atoms with E-state index in [0.29, 0.717) is 17.2 Å². The predicted molar refractivity (Wildman–Crippen MR) is 90.2 cm³/mol. The standard InChI is InChI=1S/C16H15F3N2O4S/c1-23-11-7-9(8-12(24-2)13(11)25-3)21-14(22)10-5-4-6-20-15(10)26-16(17,18)19/h4-8H,1-3H3,(H,21,22). The zero-order valence-corrected chi connectivity index (χ0v) is 14.8. The molecule has 6 nitrogen and oxygen atoms in total. The van der Waals surface area contributed by atoms with Gasteiger partial charge in [-0.3, -0.25) is 4.79 Å². The van der Waals surface area contributed by atoms with Gasteiger partial charge in [-0.2, -0.15) is 13.2 Å². The molecule has 10 heteroatoms. The van der Waals surface area contributed by atoms with Crippen molar-refractivity contribution in [3.05, 3.63) is 36.0 Å². The molecule has 26 heavy (non-hydrogen) atoms. The van der Waals surface area contributed by atoms with Crippen LogP contribution in [0.2, 0.25) is 0 Å². The number of carbonyl (C=O) groups is 1. The van der Waals surface area contributed by atoms with Crippen molar-refractivity contribution in [1.82, 2.24) is 4.98 Å². The summed E-state index contributed by atoms with van der Waals surface area (Å²) in [6.45, 7) is 0. The molecule has 0 unspecified atom stereocenters. The number of hydrogen-bond acceptors (Lipinski definition) is 6. The Hall–Kier alpha value is -2.62. The summed E-state index contributed by atoms with van der Waals surface area (Å²) in [6, 6.07) is 5.57. The number of nitrogens with zero attached hydrogens (tertiary/aromatic N) is 1. The highest BCUT2D eigenvalue weighted by atomic mass is 32.2. The lowest BCUT2D eigenvalue weighted by molar-refractivity contribution is -0.0329. The Morgan fingerprint density at radius 2 is 1.73 bits per heavy atom. The van der Waals surface area contributed by atoms with Crippen molar-refractivity contribution in [3.8, 4) is 17.2 Å². The molecule has 0 fully saturated rings. The number of anilines is 1. The van der Waals surface area contributed by atoms with Gasteiger partial charge in [-0.15, -0.1) is 0 Å². The quantitative estimate of drug-likeness (QED) is 0.755. The first-order valence-electron chi connectivity index (χ1n) is 7.11. The van der Waals surface area contributed by atoms with Crippen molar-refractivity contribution >= 4 is 23.4 Å². The second kappa shape index (κ2) is 8.17. The maximum atomic E-state index is 12.6. The van der Waals surface area contributed by atoms with Gasteiger partial charge in [-0.25, -0.2) is 4.98 Å². The zero-order chi connectivity index (χ0) is 19.3. The smallest absolute Gasteiger partial charge is 0.447 e. The molecule has 1 heterocycles. The average Bonchev–Trinajstić information content (AvgIpc) is 2.59. The largest absolute Gasteiger partial charge is 0.493 e. The number of halogens is 3. The van der Waals surface area contributed by atoms with Crippen molar-refractivity contribution in [2.24, 2.45) is 0 Å². The summed E-state index contributed by atoms with van der Waals surface area (Å²) in [5.74, 6) is 0.151. The molecule has 1 N–H and O–H groups in total.